The minimum Gasteiger partial charge on any atom is -0.375 e. The number of aryl methyl sites for hydroxylation is 2. The number of aromatic nitrogens is 2. The first-order chi connectivity index (χ1) is 13.2. The van der Waals surface area contributed by atoms with Crippen LogP contribution in [0.3, 0.4) is 0 Å². The molecule has 1 amide bonds. The van der Waals surface area contributed by atoms with Crippen molar-refractivity contribution in [3.63, 3.8) is 0 Å². The summed E-state index contributed by atoms with van der Waals surface area (Å²) in [5, 5.41) is 3.04. The molecule has 0 radical (unpaired) electrons. The van der Waals surface area contributed by atoms with E-state index in [-0.39, 0.29) is 12.0 Å². The molecule has 1 fully saturated rings. The topological polar surface area (TPSA) is 58.2 Å². The summed E-state index contributed by atoms with van der Waals surface area (Å²) in [7, 11) is 0. The lowest BCUT2D eigenvalue weighted by Gasteiger charge is -2.32. The summed E-state index contributed by atoms with van der Waals surface area (Å²) >= 11 is 1.61. The van der Waals surface area contributed by atoms with E-state index in [0.29, 0.717) is 25.4 Å². The van der Waals surface area contributed by atoms with E-state index in [1.54, 1.807) is 11.3 Å². The molecule has 0 saturated carbocycles. The third kappa shape index (κ3) is 4.28. The van der Waals surface area contributed by atoms with Gasteiger partial charge in [0.15, 0.2) is 0 Å². The molecule has 3 aromatic rings. The predicted octanol–water partition coefficient (Wildman–Crippen LogP) is 3.92. The summed E-state index contributed by atoms with van der Waals surface area (Å²) in [6.45, 7) is 3.83. The molecular weight excluding hydrogens is 358 g/mol. The number of morpholine rings is 1. The number of nitrogens with zero attached hydrogens (tertiary/aromatic N) is 2. The van der Waals surface area contributed by atoms with Crippen molar-refractivity contribution in [3.05, 3.63) is 64.2 Å². The highest BCUT2D eigenvalue weighted by atomic mass is 32.1. The zero-order chi connectivity index (χ0) is 18.6. The molecule has 140 valence electrons. The smallest absolute Gasteiger partial charge is 0.270 e. The molecule has 0 spiro atoms. The molecule has 1 N–H and O–H groups in total. The Morgan fingerprint density at radius 3 is 3.00 bits per heavy atom. The number of carbonyl (C=O) groups is 1. The fraction of sp³-hybridized carbons (Fsp3) is 0.333. The Morgan fingerprint density at radius 2 is 2.22 bits per heavy atom. The van der Waals surface area contributed by atoms with Gasteiger partial charge in [0.2, 0.25) is 0 Å². The predicted molar refractivity (Wildman–Crippen MR) is 107 cm³/mol. The standard InChI is InChI=1S/C21H23N3O2S/c1-15-23-20(14-27-15)17-11-19(22-12-17)21(25)24-9-10-26-18(13-24)8-7-16-5-3-2-4-6-16/h2-6,11-12,14,18,22H,7-10,13H2,1H3/t18-/m1/s1. The largest absolute Gasteiger partial charge is 0.375 e. The summed E-state index contributed by atoms with van der Waals surface area (Å²) in [5.74, 6) is 0.0289. The van der Waals surface area contributed by atoms with Gasteiger partial charge in [-0.3, -0.25) is 4.79 Å². The second-order valence-corrected chi connectivity index (χ2v) is 7.88. The number of hydrogen-bond acceptors (Lipinski definition) is 4. The Labute approximate surface area is 163 Å². The van der Waals surface area contributed by atoms with Crippen molar-refractivity contribution in [2.75, 3.05) is 19.7 Å². The van der Waals surface area contributed by atoms with Crippen molar-refractivity contribution in [2.45, 2.75) is 25.9 Å². The van der Waals surface area contributed by atoms with Gasteiger partial charge in [-0.15, -0.1) is 11.3 Å². The van der Waals surface area contributed by atoms with E-state index >= 15 is 0 Å². The van der Waals surface area contributed by atoms with Crippen LogP contribution in [-0.2, 0) is 11.2 Å². The van der Waals surface area contributed by atoms with Gasteiger partial charge >= 0.3 is 0 Å². The molecule has 2 aromatic heterocycles. The number of thiazole rings is 1. The van der Waals surface area contributed by atoms with Crippen molar-refractivity contribution < 1.29 is 9.53 Å². The molecule has 1 aliphatic rings. The maximum Gasteiger partial charge on any atom is 0.270 e. The van der Waals surface area contributed by atoms with Gasteiger partial charge in [0.25, 0.3) is 5.91 Å². The second kappa shape index (κ2) is 8.06. The molecule has 1 atom stereocenters. The number of amides is 1. The molecule has 4 rings (SSSR count). The number of nitrogens with one attached hydrogen (secondary N) is 1. The van der Waals surface area contributed by atoms with E-state index in [1.165, 1.54) is 5.56 Å². The van der Waals surface area contributed by atoms with Crippen molar-refractivity contribution in [1.82, 2.24) is 14.9 Å². The molecule has 5 nitrogen and oxygen atoms in total. The zero-order valence-electron chi connectivity index (χ0n) is 15.4. The van der Waals surface area contributed by atoms with Crippen LogP contribution in [-0.4, -0.2) is 46.6 Å². The highest BCUT2D eigenvalue weighted by Crippen LogP contribution is 2.23. The van der Waals surface area contributed by atoms with Crippen LogP contribution >= 0.6 is 11.3 Å². The number of aromatic amines is 1. The maximum absolute atomic E-state index is 12.9. The third-order valence-corrected chi connectivity index (χ3v) is 5.63. The average Bonchev–Trinajstić information content (AvgIpc) is 3.36. The van der Waals surface area contributed by atoms with Crippen molar-refractivity contribution in [2.24, 2.45) is 0 Å². The molecule has 27 heavy (non-hydrogen) atoms. The Kier molecular flexibility index (Phi) is 5.36. The molecule has 1 saturated heterocycles. The van der Waals surface area contributed by atoms with E-state index in [1.807, 2.05) is 35.5 Å². The fourth-order valence-corrected chi connectivity index (χ4v) is 4.00. The van der Waals surface area contributed by atoms with E-state index in [0.717, 1.165) is 29.1 Å². The average molecular weight is 382 g/mol. The molecule has 0 unspecified atom stereocenters. The lowest BCUT2D eigenvalue weighted by molar-refractivity contribution is -0.0247. The second-order valence-electron chi connectivity index (χ2n) is 6.82. The van der Waals surface area contributed by atoms with Crippen LogP contribution < -0.4 is 0 Å². The van der Waals surface area contributed by atoms with Crippen LogP contribution in [0.25, 0.3) is 11.3 Å². The lowest BCUT2D eigenvalue weighted by Crippen LogP contribution is -2.45. The number of carbonyl (C=O) groups excluding carboxylic acids is 1. The quantitative estimate of drug-likeness (QED) is 0.729. The van der Waals surface area contributed by atoms with Crippen molar-refractivity contribution >= 4 is 17.2 Å². The molecule has 0 bridgehead atoms. The molecule has 3 heterocycles. The van der Waals surface area contributed by atoms with E-state index in [9.17, 15) is 4.79 Å². The lowest BCUT2D eigenvalue weighted by atomic mass is 10.1. The number of ether oxygens (including phenoxy) is 1. The Bertz CT molecular complexity index is 903. The first-order valence-corrected chi connectivity index (χ1v) is 10.1. The Balaban J connectivity index is 1.38. The van der Waals surface area contributed by atoms with Crippen LogP contribution in [0, 0.1) is 6.92 Å². The first kappa shape index (κ1) is 17.9. The van der Waals surface area contributed by atoms with Crippen LogP contribution in [0.4, 0.5) is 0 Å². The summed E-state index contributed by atoms with van der Waals surface area (Å²) in [5.41, 5.74) is 3.78. The molecule has 6 heteroatoms. The number of benzene rings is 1. The van der Waals surface area contributed by atoms with Crippen LogP contribution in [0.1, 0.15) is 27.5 Å². The van der Waals surface area contributed by atoms with Crippen molar-refractivity contribution in [1.29, 1.82) is 0 Å². The molecule has 0 aliphatic carbocycles. The van der Waals surface area contributed by atoms with E-state index < -0.39 is 0 Å². The van der Waals surface area contributed by atoms with Gasteiger partial charge in [-0.25, -0.2) is 4.98 Å². The normalized spacial score (nSPS) is 17.2. The molecular formula is C21H23N3O2S. The van der Waals surface area contributed by atoms with Gasteiger partial charge in [-0.1, -0.05) is 30.3 Å². The van der Waals surface area contributed by atoms with Crippen LogP contribution in [0.15, 0.2) is 48.0 Å². The molecule has 1 aromatic carbocycles. The van der Waals surface area contributed by atoms with E-state index in [4.69, 9.17) is 4.74 Å². The van der Waals surface area contributed by atoms with Crippen LogP contribution in [0.5, 0.6) is 0 Å². The first-order valence-electron chi connectivity index (χ1n) is 9.25. The minimum absolute atomic E-state index is 0.0289. The SMILES string of the molecule is Cc1nc(-c2c[nH]c(C(=O)N3CCO[C@H](CCc4ccccc4)C3)c2)cs1. The fourth-order valence-electron chi connectivity index (χ4n) is 3.38. The molecule has 1 aliphatic heterocycles. The Morgan fingerprint density at radius 1 is 1.37 bits per heavy atom. The number of rotatable bonds is 5. The van der Waals surface area contributed by atoms with Gasteiger partial charge in [-0.2, -0.15) is 0 Å². The van der Waals surface area contributed by atoms with Crippen molar-refractivity contribution in [3.8, 4) is 11.3 Å². The summed E-state index contributed by atoms with van der Waals surface area (Å²) in [6, 6.07) is 12.3. The van der Waals surface area contributed by atoms with Crippen LogP contribution in [0.2, 0.25) is 0 Å². The third-order valence-electron chi connectivity index (χ3n) is 4.85. The monoisotopic (exact) mass is 381 g/mol. The van der Waals surface area contributed by atoms with Gasteiger partial charge in [0, 0.05) is 30.2 Å². The van der Waals surface area contributed by atoms with Gasteiger partial charge in [0.05, 0.1) is 23.4 Å². The minimum atomic E-state index is 0.0289. The number of hydrogen-bond donors (Lipinski definition) is 1. The summed E-state index contributed by atoms with van der Waals surface area (Å²) in [4.78, 5) is 22.4. The Hall–Kier alpha value is -2.44. The van der Waals surface area contributed by atoms with Gasteiger partial charge in [0.1, 0.15) is 5.69 Å². The van der Waals surface area contributed by atoms with Gasteiger partial charge < -0.3 is 14.6 Å². The number of H-pyrrole nitrogens is 1. The summed E-state index contributed by atoms with van der Waals surface area (Å²) < 4.78 is 5.88. The highest BCUT2D eigenvalue weighted by Gasteiger charge is 2.26. The van der Waals surface area contributed by atoms with Gasteiger partial charge in [-0.05, 0) is 31.4 Å². The van der Waals surface area contributed by atoms with E-state index in [2.05, 4.69) is 34.2 Å². The summed E-state index contributed by atoms with van der Waals surface area (Å²) in [6.07, 6.45) is 3.82. The zero-order valence-corrected chi connectivity index (χ0v) is 16.2. The highest BCUT2D eigenvalue weighted by molar-refractivity contribution is 7.09. The maximum atomic E-state index is 12.9.